The van der Waals surface area contributed by atoms with Gasteiger partial charge in [-0.2, -0.15) is 0 Å². The Morgan fingerprint density at radius 2 is 1.42 bits per heavy atom. The lowest BCUT2D eigenvalue weighted by molar-refractivity contribution is 0.110. The normalized spacial score (nSPS) is 13.5. The average molecular weight is 476 g/mol. The van der Waals surface area contributed by atoms with Gasteiger partial charge in [0.05, 0.1) is 35.7 Å². The molecule has 0 spiro atoms. The molecule has 0 aliphatic carbocycles. The lowest BCUT2D eigenvalue weighted by atomic mass is 10.1. The zero-order chi connectivity index (χ0) is 23.4. The maximum atomic E-state index is 12.4. The van der Waals surface area contributed by atoms with E-state index in [1.807, 2.05) is 0 Å². The summed E-state index contributed by atoms with van der Waals surface area (Å²) in [7, 11) is -9.75. The van der Waals surface area contributed by atoms with Crippen molar-refractivity contribution in [2.45, 2.75) is 27.1 Å². The van der Waals surface area contributed by atoms with Crippen molar-refractivity contribution in [1.29, 1.82) is 0 Å². The third-order valence-corrected chi connectivity index (χ3v) is 5.24. The third-order valence-electron chi connectivity index (χ3n) is 3.90. The summed E-state index contributed by atoms with van der Waals surface area (Å²) in [6.45, 7) is 1.43. The summed E-state index contributed by atoms with van der Waals surface area (Å²) in [6, 6.07) is 0. The van der Waals surface area contributed by atoms with E-state index in [0.717, 1.165) is 6.20 Å². The Morgan fingerprint density at radius 1 is 0.903 bits per heavy atom. The Balaban J connectivity index is 2.27. The van der Waals surface area contributed by atoms with E-state index in [2.05, 4.69) is 14.5 Å². The molecule has 1 atom stereocenters. The van der Waals surface area contributed by atoms with Crippen LogP contribution in [0.25, 0.3) is 0 Å². The number of aryl methyl sites for hydroxylation is 2. The van der Waals surface area contributed by atoms with E-state index in [1.54, 1.807) is 0 Å². The van der Waals surface area contributed by atoms with Crippen LogP contribution in [-0.2, 0) is 31.4 Å². The number of nitrogens with zero attached hydrogens (tertiary/aromatic N) is 2. The van der Waals surface area contributed by atoms with Crippen molar-refractivity contribution < 1.29 is 52.1 Å². The van der Waals surface area contributed by atoms with Crippen LogP contribution in [0.1, 0.15) is 43.2 Å². The summed E-state index contributed by atoms with van der Waals surface area (Å²) in [5.41, 5.74) is -0.457. The van der Waals surface area contributed by atoms with E-state index >= 15 is 0 Å². The highest BCUT2D eigenvalue weighted by Crippen LogP contribution is 2.47. The van der Waals surface area contributed by atoms with Crippen LogP contribution in [0.4, 0.5) is 0 Å². The van der Waals surface area contributed by atoms with Gasteiger partial charge in [0.25, 0.3) is 0 Å². The molecule has 1 unspecified atom stereocenters. The van der Waals surface area contributed by atoms with Crippen LogP contribution in [0, 0.1) is 13.8 Å². The summed E-state index contributed by atoms with van der Waals surface area (Å²) in [4.78, 5) is 58.0. The molecule has 31 heavy (non-hydrogen) atoms. The first-order valence-corrected chi connectivity index (χ1v) is 11.3. The number of aromatic hydroxyl groups is 1. The molecule has 0 aromatic carbocycles. The molecule has 0 aliphatic rings. The topological polar surface area (TPSA) is 203 Å². The summed E-state index contributed by atoms with van der Waals surface area (Å²) in [5, 5.41) is 9.86. The highest BCUT2D eigenvalue weighted by Gasteiger charge is 2.28. The number of aromatic nitrogens is 2. The first-order valence-electron chi connectivity index (χ1n) is 8.31. The average Bonchev–Trinajstić information content (AvgIpc) is 2.68. The number of pyridine rings is 2. The Kier molecular flexibility index (Phi) is 7.79. The highest BCUT2D eigenvalue weighted by molar-refractivity contribution is 7.47. The maximum absolute atomic E-state index is 12.4. The van der Waals surface area contributed by atoms with E-state index in [0.29, 0.717) is 6.29 Å². The van der Waals surface area contributed by atoms with Gasteiger partial charge in [-0.3, -0.25) is 33.5 Å². The second-order valence-electron chi connectivity index (χ2n) is 6.08. The Morgan fingerprint density at radius 3 is 1.97 bits per heavy atom. The lowest BCUT2D eigenvalue weighted by Crippen LogP contribution is -2.07. The predicted molar refractivity (Wildman–Crippen MR) is 102 cm³/mol. The number of phosphoric acid groups is 2. The van der Waals surface area contributed by atoms with Gasteiger partial charge in [-0.05, 0) is 13.8 Å². The smallest absolute Gasteiger partial charge is 0.505 e. The number of aldehydes is 2. The zero-order valence-electron chi connectivity index (χ0n) is 16.2. The summed E-state index contributed by atoms with van der Waals surface area (Å²) < 4.78 is 37.4. The molecule has 0 amide bonds. The van der Waals surface area contributed by atoms with Gasteiger partial charge in [0, 0.05) is 23.5 Å². The van der Waals surface area contributed by atoms with Gasteiger partial charge in [0.1, 0.15) is 5.75 Å². The molecule has 0 radical (unpaired) electrons. The van der Waals surface area contributed by atoms with Crippen LogP contribution in [0.2, 0.25) is 0 Å². The fourth-order valence-electron chi connectivity index (χ4n) is 2.35. The van der Waals surface area contributed by atoms with Crippen LogP contribution in [-0.4, -0.2) is 42.3 Å². The molecule has 2 aromatic rings. The molecular formula is C16H18N2O11P2. The first-order chi connectivity index (χ1) is 14.4. The molecule has 0 saturated heterocycles. The zero-order valence-corrected chi connectivity index (χ0v) is 17.9. The standard InChI is InChI=1S/C16H18N2O11P2/c1-9-15(21)13(5-19)11(3-17-9)8-28-31(25,26)29-16-10(2)18-4-12(14(16)6-20)7-27-30(22,23)24/h3-6,21H,7-8H2,1-2H3,(H,25,26)(H2,22,23,24). The Labute approximate surface area is 175 Å². The predicted octanol–water partition coefficient (Wildman–Crippen LogP) is 1.73. The van der Waals surface area contributed by atoms with Gasteiger partial charge in [-0.1, -0.05) is 0 Å². The van der Waals surface area contributed by atoms with E-state index in [-0.39, 0.29) is 39.9 Å². The number of hydrogen-bond donors (Lipinski definition) is 4. The van der Waals surface area contributed by atoms with Crippen molar-refractivity contribution in [3.05, 3.63) is 46.0 Å². The minimum absolute atomic E-state index is 0.00290. The molecular weight excluding hydrogens is 458 g/mol. The molecule has 13 nitrogen and oxygen atoms in total. The molecule has 0 fully saturated rings. The van der Waals surface area contributed by atoms with Gasteiger partial charge < -0.3 is 19.4 Å². The molecule has 15 heteroatoms. The minimum atomic E-state index is -4.89. The van der Waals surface area contributed by atoms with E-state index < -0.39 is 40.4 Å². The van der Waals surface area contributed by atoms with E-state index in [1.165, 1.54) is 20.0 Å². The molecule has 2 aromatic heterocycles. The SMILES string of the molecule is Cc1ncc(COP(=O)(O)Oc2c(C)ncc(COP(=O)(O)O)c2C=O)c(C=O)c1O. The van der Waals surface area contributed by atoms with Crippen LogP contribution < -0.4 is 4.52 Å². The second kappa shape index (κ2) is 9.75. The maximum Gasteiger partial charge on any atom is 0.527 e. The van der Waals surface area contributed by atoms with Gasteiger partial charge >= 0.3 is 15.6 Å². The molecule has 4 N–H and O–H groups in total. The summed E-state index contributed by atoms with van der Waals surface area (Å²) in [6.07, 6.45) is 2.81. The number of carbonyl (C=O) groups excluding carboxylic acids is 2. The lowest BCUT2D eigenvalue weighted by Gasteiger charge is -2.18. The van der Waals surface area contributed by atoms with Gasteiger partial charge in [0.2, 0.25) is 0 Å². The number of carbonyl (C=O) groups is 2. The van der Waals surface area contributed by atoms with Gasteiger partial charge in [0.15, 0.2) is 18.3 Å². The van der Waals surface area contributed by atoms with Crippen molar-refractivity contribution >= 4 is 28.2 Å². The van der Waals surface area contributed by atoms with Crippen molar-refractivity contribution in [1.82, 2.24) is 9.97 Å². The molecule has 2 heterocycles. The Hall–Kier alpha value is -2.50. The largest absolute Gasteiger partial charge is 0.527 e. The summed E-state index contributed by atoms with van der Waals surface area (Å²) in [5.74, 6) is -0.876. The molecule has 2 rings (SSSR count). The van der Waals surface area contributed by atoms with Crippen molar-refractivity contribution in [3.63, 3.8) is 0 Å². The van der Waals surface area contributed by atoms with Crippen LogP contribution in [0.5, 0.6) is 11.5 Å². The molecule has 0 bridgehead atoms. The van der Waals surface area contributed by atoms with Crippen molar-refractivity contribution in [2.75, 3.05) is 0 Å². The molecule has 0 aliphatic heterocycles. The number of rotatable bonds is 10. The van der Waals surface area contributed by atoms with Crippen LogP contribution in [0.15, 0.2) is 12.4 Å². The van der Waals surface area contributed by atoms with Gasteiger partial charge in [-0.15, -0.1) is 0 Å². The van der Waals surface area contributed by atoms with E-state index in [4.69, 9.17) is 18.8 Å². The minimum Gasteiger partial charge on any atom is -0.505 e. The number of hydrogen-bond acceptors (Lipinski definition) is 10. The fourth-order valence-corrected chi connectivity index (χ4v) is 3.47. The van der Waals surface area contributed by atoms with E-state index in [9.17, 15) is 28.7 Å². The monoisotopic (exact) mass is 476 g/mol. The quantitative estimate of drug-likeness (QED) is 0.285. The van der Waals surface area contributed by atoms with Crippen LogP contribution >= 0.6 is 15.6 Å². The van der Waals surface area contributed by atoms with Crippen molar-refractivity contribution in [2.24, 2.45) is 0 Å². The van der Waals surface area contributed by atoms with Crippen LogP contribution in [0.3, 0.4) is 0 Å². The highest BCUT2D eigenvalue weighted by atomic mass is 31.2. The summed E-state index contributed by atoms with van der Waals surface area (Å²) >= 11 is 0. The molecule has 0 saturated carbocycles. The van der Waals surface area contributed by atoms with Crippen molar-refractivity contribution in [3.8, 4) is 11.5 Å². The second-order valence-corrected chi connectivity index (χ2v) is 8.69. The first kappa shape index (κ1) is 24.8. The number of phosphoric ester groups is 2. The fraction of sp³-hybridized carbons (Fsp3) is 0.250. The Bertz CT molecular complexity index is 1100. The molecule has 168 valence electrons. The van der Waals surface area contributed by atoms with Gasteiger partial charge in [-0.25, -0.2) is 9.13 Å². The third kappa shape index (κ3) is 6.49.